The normalized spacial score (nSPS) is 16.0. The molecule has 0 unspecified atom stereocenters. The van der Waals surface area contributed by atoms with E-state index in [-0.39, 0.29) is 17.5 Å². The lowest BCUT2D eigenvalue weighted by molar-refractivity contribution is -0.131. The van der Waals surface area contributed by atoms with E-state index in [1.807, 2.05) is 0 Å². The number of carbonyl (C=O) groups excluding carboxylic acids is 1. The molecule has 26 heavy (non-hydrogen) atoms. The van der Waals surface area contributed by atoms with Crippen LogP contribution in [-0.4, -0.2) is 38.7 Å². The number of aromatic nitrogens is 2. The molecule has 1 aromatic heterocycles. The van der Waals surface area contributed by atoms with E-state index in [1.165, 1.54) is 23.9 Å². The monoisotopic (exact) mass is 372 g/mol. The highest BCUT2D eigenvalue weighted by Crippen LogP contribution is 2.33. The van der Waals surface area contributed by atoms with E-state index in [0.29, 0.717) is 10.8 Å². The second kappa shape index (κ2) is 7.92. The Morgan fingerprint density at radius 2 is 2.19 bits per heavy atom. The van der Waals surface area contributed by atoms with Crippen LogP contribution in [0, 0.1) is 17.1 Å². The predicted molar refractivity (Wildman–Crippen MR) is 98.4 cm³/mol. The average molecular weight is 372 g/mol. The number of rotatable bonds is 5. The first-order valence-corrected chi connectivity index (χ1v) is 9.64. The molecular weight excluding hydrogens is 351 g/mol. The molecule has 1 fully saturated rings. The van der Waals surface area contributed by atoms with Crippen molar-refractivity contribution >= 4 is 17.7 Å². The molecule has 7 heteroatoms. The lowest BCUT2D eigenvalue weighted by atomic mass is 9.81. The molecule has 0 bridgehead atoms. The third-order valence-electron chi connectivity index (χ3n) is 4.92. The van der Waals surface area contributed by atoms with E-state index in [0.717, 1.165) is 32.1 Å². The Balaban J connectivity index is 1.69. The molecule has 1 aliphatic rings. The van der Waals surface area contributed by atoms with Crippen molar-refractivity contribution in [2.75, 3.05) is 12.8 Å². The van der Waals surface area contributed by atoms with Gasteiger partial charge in [-0.25, -0.2) is 9.37 Å². The number of carbonyl (C=O) groups is 1. The van der Waals surface area contributed by atoms with Crippen molar-refractivity contribution in [2.24, 2.45) is 0 Å². The number of nitriles is 1. The standard InChI is InChI=1S/C19H21FN4OS/c1-23(19(14-21)8-3-2-4-9-19)17(25)13-26-18-22-10-11-24(18)16-7-5-6-15(20)12-16/h5-7,10-12H,2-4,8-9,13H2,1H3. The lowest BCUT2D eigenvalue weighted by Crippen LogP contribution is -2.50. The number of thioether (sulfide) groups is 1. The van der Waals surface area contributed by atoms with Gasteiger partial charge in [0.2, 0.25) is 5.91 Å². The van der Waals surface area contributed by atoms with Crippen molar-refractivity contribution in [1.82, 2.24) is 14.5 Å². The minimum atomic E-state index is -0.687. The topological polar surface area (TPSA) is 61.9 Å². The number of nitrogens with zero attached hydrogens (tertiary/aromatic N) is 4. The molecule has 1 saturated carbocycles. The van der Waals surface area contributed by atoms with Crippen LogP contribution in [0.15, 0.2) is 41.8 Å². The Bertz CT molecular complexity index is 823. The van der Waals surface area contributed by atoms with Gasteiger partial charge in [-0.15, -0.1) is 0 Å². The summed E-state index contributed by atoms with van der Waals surface area (Å²) in [5.74, 6) is -0.227. The summed E-state index contributed by atoms with van der Waals surface area (Å²) >= 11 is 1.29. The fraction of sp³-hybridized carbons (Fsp3) is 0.421. The minimum Gasteiger partial charge on any atom is -0.326 e. The molecule has 0 saturated heterocycles. The first kappa shape index (κ1) is 18.5. The summed E-state index contributed by atoms with van der Waals surface area (Å²) in [6.45, 7) is 0. The largest absolute Gasteiger partial charge is 0.326 e. The smallest absolute Gasteiger partial charge is 0.234 e. The van der Waals surface area contributed by atoms with Gasteiger partial charge in [0.1, 0.15) is 11.4 Å². The maximum Gasteiger partial charge on any atom is 0.234 e. The molecule has 0 spiro atoms. The Morgan fingerprint density at radius 1 is 1.42 bits per heavy atom. The van der Waals surface area contributed by atoms with Crippen molar-refractivity contribution in [3.05, 3.63) is 42.5 Å². The molecule has 136 valence electrons. The van der Waals surface area contributed by atoms with Crippen LogP contribution in [0.1, 0.15) is 32.1 Å². The summed E-state index contributed by atoms with van der Waals surface area (Å²) in [7, 11) is 1.72. The highest BCUT2D eigenvalue weighted by atomic mass is 32.2. The lowest BCUT2D eigenvalue weighted by Gasteiger charge is -2.39. The summed E-state index contributed by atoms with van der Waals surface area (Å²) in [5, 5.41) is 10.2. The van der Waals surface area contributed by atoms with Gasteiger partial charge >= 0.3 is 0 Å². The number of hydrogen-bond donors (Lipinski definition) is 0. The molecule has 0 N–H and O–H groups in total. The first-order chi connectivity index (χ1) is 12.6. The predicted octanol–water partition coefficient (Wildman–Crippen LogP) is 3.79. The van der Waals surface area contributed by atoms with Crippen LogP contribution in [0.5, 0.6) is 0 Å². The van der Waals surface area contributed by atoms with Gasteiger partial charge in [0.25, 0.3) is 0 Å². The molecule has 0 atom stereocenters. The van der Waals surface area contributed by atoms with Crippen LogP contribution in [0.25, 0.3) is 5.69 Å². The quantitative estimate of drug-likeness (QED) is 0.749. The van der Waals surface area contributed by atoms with Crippen LogP contribution in [0.3, 0.4) is 0 Å². The van der Waals surface area contributed by atoms with E-state index in [4.69, 9.17) is 0 Å². The fourth-order valence-corrected chi connectivity index (χ4v) is 4.23. The fourth-order valence-electron chi connectivity index (χ4n) is 3.34. The van der Waals surface area contributed by atoms with Gasteiger partial charge in [0.05, 0.1) is 17.5 Å². The summed E-state index contributed by atoms with van der Waals surface area (Å²) in [5.41, 5.74) is -0.0278. The van der Waals surface area contributed by atoms with Crippen LogP contribution in [0.4, 0.5) is 4.39 Å². The van der Waals surface area contributed by atoms with Crippen molar-refractivity contribution in [1.29, 1.82) is 5.26 Å². The average Bonchev–Trinajstić information content (AvgIpc) is 3.14. The summed E-state index contributed by atoms with van der Waals surface area (Å²) < 4.78 is 15.2. The number of hydrogen-bond acceptors (Lipinski definition) is 4. The Labute approximate surface area is 156 Å². The van der Waals surface area contributed by atoms with Crippen molar-refractivity contribution < 1.29 is 9.18 Å². The summed E-state index contributed by atoms with van der Waals surface area (Å²) in [4.78, 5) is 18.5. The van der Waals surface area contributed by atoms with Crippen molar-refractivity contribution in [2.45, 2.75) is 42.8 Å². The molecular formula is C19H21FN4OS. The van der Waals surface area contributed by atoms with Gasteiger partial charge in [-0.1, -0.05) is 37.1 Å². The van der Waals surface area contributed by atoms with E-state index in [2.05, 4.69) is 11.1 Å². The van der Waals surface area contributed by atoms with Crippen LogP contribution in [-0.2, 0) is 4.79 Å². The third-order valence-corrected chi connectivity index (χ3v) is 5.87. The van der Waals surface area contributed by atoms with Gasteiger partial charge in [0.15, 0.2) is 5.16 Å². The Morgan fingerprint density at radius 3 is 2.88 bits per heavy atom. The van der Waals surface area contributed by atoms with E-state index < -0.39 is 5.54 Å². The minimum absolute atomic E-state index is 0.0905. The molecule has 2 aromatic rings. The SMILES string of the molecule is CN(C(=O)CSc1nccn1-c1cccc(F)c1)C1(C#N)CCCCC1. The number of halogens is 1. The van der Waals surface area contributed by atoms with Crippen molar-refractivity contribution in [3.8, 4) is 11.8 Å². The molecule has 1 heterocycles. The highest BCUT2D eigenvalue weighted by molar-refractivity contribution is 7.99. The second-order valence-corrected chi connectivity index (χ2v) is 7.45. The Kier molecular flexibility index (Phi) is 5.62. The van der Waals surface area contributed by atoms with Crippen LogP contribution in [0.2, 0.25) is 0 Å². The highest BCUT2D eigenvalue weighted by Gasteiger charge is 2.38. The van der Waals surface area contributed by atoms with E-state index in [9.17, 15) is 14.4 Å². The number of imidazole rings is 1. The molecule has 0 radical (unpaired) electrons. The second-order valence-electron chi connectivity index (χ2n) is 6.51. The maximum absolute atomic E-state index is 13.5. The summed E-state index contributed by atoms with van der Waals surface area (Å²) in [6.07, 6.45) is 7.89. The molecule has 5 nitrogen and oxygen atoms in total. The van der Waals surface area contributed by atoms with Gasteiger partial charge in [0, 0.05) is 19.4 Å². The zero-order chi connectivity index (χ0) is 18.6. The van der Waals surface area contributed by atoms with Gasteiger partial charge in [-0.05, 0) is 31.0 Å². The van der Waals surface area contributed by atoms with Gasteiger partial charge in [-0.2, -0.15) is 5.26 Å². The number of amides is 1. The zero-order valence-corrected chi connectivity index (χ0v) is 15.5. The molecule has 1 amide bonds. The van der Waals surface area contributed by atoms with Gasteiger partial charge < -0.3 is 4.90 Å². The maximum atomic E-state index is 13.5. The van der Waals surface area contributed by atoms with E-state index >= 15 is 0 Å². The number of benzene rings is 1. The van der Waals surface area contributed by atoms with E-state index in [1.54, 1.807) is 41.0 Å². The molecule has 1 aromatic carbocycles. The van der Waals surface area contributed by atoms with Crippen LogP contribution < -0.4 is 0 Å². The summed E-state index contributed by atoms with van der Waals surface area (Å²) in [6, 6.07) is 8.60. The zero-order valence-electron chi connectivity index (χ0n) is 14.7. The molecule has 1 aliphatic carbocycles. The van der Waals surface area contributed by atoms with Crippen molar-refractivity contribution in [3.63, 3.8) is 0 Å². The molecule has 3 rings (SSSR count). The first-order valence-electron chi connectivity index (χ1n) is 8.66. The Hall–Kier alpha value is -2.33. The van der Waals surface area contributed by atoms with Gasteiger partial charge in [-0.3, -0.25) is 9.36 Å². The van der Waals surface area contributed by atoms with Crippen LogP contribution >= 0.6 is 11.8 Å². The third kappa shape index (κ3) is 3.75. The molecule has 0 aliphatic heterocycles.